The second-order valence-electron chi connectivity index (χ2n) is 7.92. The van der Waals surface area contributed by atoms with Crippen LogP contribution in [0.1, 0.15) is 34.6 Å². The predicted octanol–water partition coefficient (Wildman–Crippen LogP) is 5.33. The topological polar surface area (TPSA) is 51.0 Å². The van der Waals surface area contributed by atoms with Crippen LogP contribution in [0, 0.1) is 11.6 Å². The minimum Gasteiger partial charge on any atom is -0.330 e. The van der Waals surface area contributed by atoms with E-state index in [0.717, 1.165) is 22.5 Å². The van der Waals surface area contributed by atoms with Crippen LogP contribution in [-0.2, 0) is 13.5 Å². The highest BCUT2D eigenvalue weighted by atomic mass is 35.5. The minimum atomic E-state index is -0.643. The summed E-state index contributed by atoms with van der Waals surface area (Å²) in [7, 11) is 1.74. The van der Waals surface area contributed by atoms with Crippen molar-refractivity contribution >= 4 is 28.4 Å². The quantitative estimate of drug-likeness (QED) is 0.413. The van der Waals surface area contributed by atoms with Crippen molar-refractivity contribution < 1.29 is 13.6 Å². The molecule has 4 aromatic rings. The lowest BCUT2D eigenvalue weighted by Gasteiger charge is -2.33. The van der Waals surface area contributed by atoms with Gasteiger partial charge in [-0.2, -0.15) is 5.10 Å². The van der Waals surface area contributed by atoms with Gasteiger partial charge in [0.1, 0.15) is 11.6 Å². The molecule has 1 atom stereocenters. The third kappa shape index (κ3) is 3.24. The summed E-state index contributed by atoms with van der Waals surface area (Å²) >= 11 is 6.56. The van der Waals surface area contributed by atoms with Crippen molar-refractivity contribution in [2.75, 3.05) is 6.54 Å². The Hall–Kier alpha value is -3.32. The van der Waals surface area contributed by atoms with E-state index in [2.05, 4.69) is 10.1 Å². The van der Waals surface area contributed by atoms with Crippen LogP contribution in [0.15, 0.2) is 48.7 Å². The molecule has 162 valence electrons. The van der Waals surface area contributed by atoms with E-state index < -0.39 is 11.6 Å². The van der Waals surface area contributed by atoms with Crippen LogP contribution in [-0.4, -0.2) is 32.1 Å². The summed E-state index contributed by atoms with van der Waals surface area (Å²) in [4.78, 5) is 19.4. The monoisotopic (exact) mass is 452 g/mol. The molecule has 0 saturated heterocycles. The highest BCUT2D eigenvalue weighted by Gasteiger charge is 2.34. The Kier molecular flexibility index (Phi) is 4.93. The van der Waals surface area contributed by atoms with Gasteiger partial charge in [-0.05, 0) is 49.7 Å². The van der Waals surface area contributed by atoms with E-state index in [1.807, 2.05) is 13.0 Å². The van der Waals surface area contributed by atoms with Crippen LogP contribution in [0.5, 0.6) is 0 Å². The maximum Gasteiger partial charge on any atom is 0.255 e. The van der Waals surface area contributed by atoms with E-state index >= 15 is 0 Å². The van der Waals surface area contributed by atoms with Gasteiger partial charge >= 0.3 is 0 Å². The summed E-state index contributed by atoms with van der Waals surface area (Å²) in [5.41, 5.74) is 3.82. The molecule has 0 saturated carbocycles. The van der Waals surface area contributed by atoms with E-state index in [4.69, 9.17) is 11.6 Å². The normalized spacial score (nSPS) is 15.8. The number of nitrogens with zero attached hydrogens (tertiary/aromatic N) is 4. The third-order valence-electron chi connectivity index (χ3n) is 5.99. The fraction of sp³-hybridized carbons (Fsp3) is 0.208. The molecule has 1 aliphatic rings. The third-order valence-corrected chi connectivity index (χ3v) is 6.40. The van der Waals surface area contributed by atoms with Gasteiger partial charge in [-0.1, -0.05) is 11.6 Å². The van der Waals surface area contributed by atoms with Crippen molar-refractivity contribution in [3.8, 4) is 11.3 Å². The number of benzene rings is 2. The van der Waals surface area contributed by atoms with Crippen molar-refractivity contribution in [2.45, 2.75) is 19.4 Å². The molecule has 0 bridgehead atoms. The van der Waals surface area contributed by atoms with Gasteiger partial charge < -0.3 is 4.90 Å². The Morgan fingerprint density at radius 1 is 1.16 bits per heavy atom. The molecule has 0 N–H and O–H groups in total. The molecule has 3 heterocycles. The summed E-state index contributed by atoms with van der Waals surface area (Å²) in [5.74, 6) is -1.48. The zero-order valence-corrected chi connectivity index (χ0v) is 18.2. The zero-order valence-electron chi connectivity index (χ0n) is 17.4. The molecule has 2 aromatic carbocycles. The van der Waals surface area contributed by atoms with Gasteiger partial charge in [0.15, 0.2) is 0 Å². The molecule has 0 spiro atoms. The fourth-order valence-electron chi connectivity index (χ4n) is 4.51. The average Bonchev–Trinajstić information content (AvgIpc) is 3.10. The van der Waals surface area contributed by atoms with Crippen molar-refractivity contribution in [3.63, 3.8) is 0 Å². The number of fused-ring (bicyclic) bond motifs is 2. The first-order valence-corrected chi connectivity index (χ1v) is 10.6. The first-order chi connectivity index (χ1) is 15.3. The van der Waals surface area contributed by atoms with Gasteiger partial charge in [-0.3, -0.25) is 14.5 Å². The lowest BCUT2D eigenvalue weighted by atomic mass is 9.95. The van der Waals surface area contributed by atoms with Crippen LogP contribution in [0.25, 0.3) is 22.2 Å². The average molecular weight is 453 g/mol. The number of amides is 1. The Morgan fingerprint density at radius 3 is 2.66 bits per heavy atom. The SMILES string of the molecule is CC1c2nn(C)c(-c3cc(F)cc(F)c3)c2CCN1C(=O)c1ccc2ncccc2c1Cl. The molecule has 1 amide bonds. The second kappa shape index (κ2) is 7.67. The first kappa shape index (κ1) is 20.6. The molecular formula is C24H19ClF2N4O. The van der Waals surface area contributed by atoms with E-state index in [9.17, 15) is 13.6 Å². The van der Waals surface area contributed by atoms with Gasteiger partial charge in [0.2, 0.25) is 0 Å². The zero-order chi connectivity index (χ0) is 22.6. The standard InChI is InChI=1S/C24H19ClF2N4O/c1-13-22-19(23(30(2)29-22)14-10-15(26)12-16(27)11-14)7-9-31(13)24(32)18-5-6-20-17(21(18)25)4-3-8-28-20/h3-6,8,10-13H,7,9H2,1-2H3. The lowest BCUT2D eigenvalue weighted by molar-refractivity contribution is 0.0674. The van der Waals surface area contributed by atoms with Gasteiger partial charge in [-0.25, -0.2) is 8.78 Å². The minimum absolute atomic E-state index is 0.192. The molecule has 0 fully saturated rings. The molecule has 1 unspecified atom stereocenters. The van der Waals surface area contributed by atoms with Crippen molar-refractivity contribution in [2.24, 2.45) is 7.05 Å². The highest BCUT2D eigenvalue weighted by molar-refractivity contribution is 6.38. The van der Waals surface area contributed by atoms with E-state index in [1.54, 1.807) is 41.0 Å². The lowest BCUT2D eigenvalue weighted by Crippen LogP contribution is -2.39. The summed E-state index contributed by atoms with van der Waals surface area (Å²) < 4.78 is 29.3. The maximum atomic E-state index is 13.8. The number of halogens is 3. The number of aromatic nitrogens is 3. The molecule has 5 rings (SSSR count). The Morgan fingerprint density at radius 2 is 1.91 bits per heavy atom. The van der Waals surface area contributed by atoms with E-state index in [1.165, 1.54) is 12.1 Å². The summed E-state index contributed by atoms with van der Waals surface area (Å²) in [5, 5.41) is 5.69. The molecule has 0 aliphatic carbocycles. The van der Waals surface area contributed by atoms with Gasteiger partial charge in [-0.15, -0.1) is 0 Å². The van der Waals surface area contributed by atoms with Crippen molar-refractivity contribution in [3.05, 3.63) is 82.1 Å². The molecule has 0 radical (unpaired) electrons. The number of rotatable bonds is 2. The smallest absolute Gasteiger partial charge is 0.255 e. The summed E-state index contributed by atoms with van der Waals surface area (Å²) in [6, 6.07) is 10.2. The number of hydrogen-bond donors (Lipinski definition) is 0. The largest absolute Gasteiger partial charge is 0.330 e. The predicted molar refractivity (Wildman–Crippen MR) is 118 cm³/mol. The van der Waals surface area contributed by atoms with Gasteiger partial charge in [0, 0.05) is 42.4 Å². The molecule has 2 aromatic heterocycles. The van der Waals surface area contributed by atoms with Gasteiger partial charge in [0.25, 0.3) is 5.91 Å². The van der Waals surface area contributed by atoms with Crippen LogP contribution < -0.4 is 0 Å². The molecule has 8 heteroatoms. The summed E-state index contributed by atoms with van der Waals surface area (Å²) in [6.45, 7) is 2.33. The number of hydrogen-bond acceptors (Lipinski definition) is 3. The van der Waals surface area contributed by atoms with Gasteiger partial charge in [0.05, 0.1) is 33.5 Å². The molecule has 5 nitrogen and oxygen atoms in total. The summed E-state index contributed by atoms with van der Waals surface area (Å²) in [6.07, 6.45) is 2.19. The number of pyridine rings is 1. The van der Waals surface area contributed by atoms with Crippen molar-refractivity contribution in [1.29, 1.82) is 0 Å². The second-order valence-corrected chi connectivity index (χ2v) is 8.29. The van der Waals surface area contributed by atoms with Crippen LogP contribution in [0.4, 0.5) is 8.78 Å². The molecular weight excluding hydrogens is 434 g/mol. The highest BCUT2D eigenvalue weighted by Crippen LogP contribution is 2.37. The Balaban J connectivity index is 1.53. The molecule has 1 aliphatic heterocycles. The number of aryl methyl sites for hydroxylation is 1. The van der Waals surface area contributed by atoms with E-state index in [0.29, 0.717) is 40.5 Å². The van der Waals surface area contributed by atoms with Crippen LogP contribution in [0.2, 0.25) is 5.02 Å². The van der Waals surface area contributed by atoms with Crippen LogP contribution >= 0.6 is 11.6 Å². The first-order valence-electron chi connectivity index (χ1n) is 10.2. The fourth-order valence-corrected chi connectivity index (χ4v) is 4.81. The number of carbonyl (C=O) groups excluding carboxylic acids is 1. The van der Waals surface area contributed by atoms with E-state index in [-0.39, 0.29) is 11.9 Å². The Labute approximate surface area is 188 Å². The van der Waals surface area contributed by atoms with Crippen molar-refractivity contribution in [1.82, 2.24) is 19.7 Å². The Bertz CT molecular complexity index is 1360. The maximum absolute atomic E-state index is 13.8. The molecule has 32 heavy (non-hydrogen) atoms. The van der Waals surface area contributed by atoms with Crippen LogP contribution in [0.3, 0.4) is 0 Å². The number of carbonyl (C=O) groups is 1.